The Balaban J connectivity index is 1.51. The van der Waals surface area contributed by atoms with E-state index < -0.39 is 71.8 Å². The summed E-state index contributed by atoms with van der Waals surface area (Å²) in [5.74, 6) is -4.03. The predicted molar refractivity (Wildman–Crippen MR) is 181 cm³/mol. The maximum absolute atomic E-state index is 15.0. The molecule has 3 aromatic rings. The Hall–Kier alpha value is -5.21. The van der Waals surface area contributed by atoms with Crippen LogP contribution in [0.3, 0.4) is 0 Å². The minimum absolute atomic E-state index is 0.00803. The lowest BCUT2D eigenvalue weighted by Crippen LogP contribution is -2.49. The third kappa shape index (κ3) is 9.48. The number of hydrogen-bond donors (Lipinski definition) is 4. The second-order valence-corrected chi connectivity index (χ2v) is 13.0. The fourth-order valence-corrected chi connectivity index (χ4v) is 5.83. The third-order valence-corrected chi connectivity index (χ3v) is 8.23. The van der Waals surface area contributed by atoms with E-state index >= 15 is 0 Å². The summed E-state index contributed by atoms with van der Waals surface area (Å²) >= 11 is 0. The van der Waals surface area contributed by atoms with Crippen LogP contribution in [-0.4, -0.2) is 87.8 Å². The Morgan fingerprint density at radius 1 is 0.980 bits per heavy atom. The van der Waals surface area contributed by atoms with Gasteiger partial charge in [0, 0.05) is 61.3 Å². The van der Waals surface area contributed by atoms with E-state index in [1.54, 1.807) is 12.3 Å². The average Bonchev–Trinajstić information content (AvgIpc) is 3.63. The summed E-state index contributed by atoms with van der Waals surface area (Å²) in [5.41, 5.74) is 7.46. The first-order valence-electron chi connectivity index (χ1n) is 16.1. The van der Waals surface area contributed by atoms with Gasteiger partial charge in [-0.15, -0.1) is 0 Å². The molecule has 1 aliphatic rings. The first-order chi connectivity index (χ1) is 23.7. The number of halogens is 2. The van der Waals surface area contributed by atoms with Crippen molar-refractivity contribution in [3.05, 3.63) is 95.8 Å². The number of nitrogens with zero attached hydrogens (tertiary/aromatic N) is 3. The Bertz CT molecular complexity index is 1730. The van der Waals surface area contributed by atoms with Crippen LogP contribution in [0.4, 0.5) is 8.78 Å². The van der Waals surface area contributed by atoms with Crippen LogP contribution in [0.5, 0.6) is 0 Å². The molecule has 2 aromatic carbocycles. The van der Waals surface area contributed by atoms with Crippen LogP contribution in [0.15, 0.2) is 72.9 Å². The minimum atomic E-state index is -1.14. The van der Waals surface area contributed by atoms with Crippen molar-refractivity contribution in [2.24, 2.45) is 11.1 Å². The highest BCUT2D eigenvalue weighted by molar-refractivity contribution is 6.12. The van der Waals surface area contributed by atoms with Gasteiger partial charge in [-0.2, -0.15) is 0 Å². The van der Waals surface area contributed by atoms with Crippen LogP contribution >= 0.6 is 0 Å². The fourth-order valence-electron chi connectivity index (χ4n) is 5.83. The van der Waals surface area contributed by atoms with Crippen molar-refractivity contribution in [3.63, 3.8) is 0 Å². The maximum atomic E-state index is 15.0. The molecule has 0 saturated carbocycles. The van der Waals surface area contributed by atoms with Crippen LogP contribution in [0.25, 0.3) is 11.1 Å². The van der Waals surface area contributed by atoms with Crippen LogP contribution in [0.1, 0.15) is 44.5 Å². The molecule has 5 amide bonds. The van der Waals surface area contributed by atoms with E-state index in [2.05, 4.69) is 10.6 Å². The zero-order valence-electron chi connectivity index (χ0n) is 28.2. The minimum Gasteiger partial charge on any atom is -0.387 e. The monoisotopic (exact) mass is 692 g/mol. The molecule has 12 nitrogen and oxygen atoms in total. The molecule has 14 heteroatoms. The van der Waals surface area contributed by atoms with E-state index in [4.69, 9.17) is 5.73 Å². The summed E-state index contributed by atoms with van der Waals surface area (Å²) in [6.07, 6.45) is 3.93. The molecule has 0 unspecified atom stereocenters. The van der Waals surface area contributed by atoms with E-state index in [-0.39, 0.29) is 31.6 Å². The van der Waals surface area contributed by atoms with Crippen molar-refractivity contribution < 1.29 is 37.9 Å². The Morgan fingerprint density at radius 3 is 2.30 bits per heavy atom. The highest BCUT2D eigenvalue weighted by Crippen LogP contribution is 2.41. The Labute approximate surface area is 288 Å². The number of amides is 5. The Kier molecular flexibility index (Phi) is 12.4. The van der Waals surface area contributed by atoms with E-state index in [0.29, 0.717) is 17.8 Å². The summed E-state index contributed by atoms with van der Waals surface area (Å²) < 4.78 is 31.1. The van der Waals surface area contributed by atoms with Gasteiger partial charge in [0.1, 0.15) is 18.2 Å². The van der Waals surface area contributed by atoms with Crippen molar-refractivity contribution in [2.75, 3.05) is 32.8 Å². The molecular weight excluding hydrogens is 650 g/mol. The number of carbonyl (C=O) groups is 5. The first kappa shape index (κ1) is 37.6. The van der Waals surface area contributed by atoms with Crippen LogP contribution in [0, 0.1) is 17.0 Å². The van der Waals surface area contributed by atoms with E-state index in [0.717, 1.165) is 40.8 Å². The highest BCUT2D eigenvalue weighted by atomic mass is 19.1. The largest absolute Gasteiger partial charge is 0.387 e. The van der Waals surface area contributed by atoms with Gasteiger partial charge in [-0.05, 0) is 41.7 Å². The standard InChI is InChI=1S/C36H42F2N6O6/c1-36(2,3)34(29-17-24(26-18-25(37)9-10-27(26)38)21-42(29)20-23-7-5-4-6-8-23)44(33(49)22-45)15-13-28(39)35(50)41-19-30(46)40-14-16-43-31(47)11-12-32(43)48/h4-12,17-18,21,28,34,45H,13-16,19-20,22,39H2,1-3H3,(H,40,46)(H,41,50)/t28-,34-/m0/s1. The van der Waals surface area contributed by atoms with Gasteiger partial charge in [0.15, 0.2) is 0 Å². The number of aromatic nitrogens is 1. The van der Waals surface area contributed by atoms with Gasteiger partial charge in [-0.25, -0.2) is 8.78 Å². The van der Waals surface area contributed by atoms with E-state index in [9.17, 15) is 37.9 Å². The second-order valence-electron chi connectivity index (χ2n) is 13.0. The number of benzene rings is 2. The number of rotatable bonds is 15. The van der Waals surface area contributed by atoms with Crippen LogP contribution in [-0.2, 0) is 30.5 Å². The molecule has 2 heterocycles. The number of nitrogens with one attached hydrogen (secondary N) is 2. The molecule has 1 aliphatic heterocycles. The maximum Gasteiger partial charge on any atom is 0.253 e. The van der Waals surface area contributed by atoms with Gasteiger partial charge < -0.3 is 30.9 Å². The van der Waals surface area contributed by atoms with Crippen molar-refractivity contribution in [1.82, 2.24) is 25.0 Å². The second kappa shape index (κ2) is 16.5. The summed E-state index contributed by atoms with van der Waals surface area (Å²) in [4.78, 5) is 64.2. The number of nitrogens with two attached hydrogens (primary N) is 1. The molecule has 0 radical (unpaired) electrons. The van der Waals surface area contributed by atoms with Gasteiger partial charge in [0.05, 0.1) is 18.6 Å². The molecule has 0 bridgehead atoms. The normalized spacial score (nSPS) is 14.1. The molecule has 0 fully saturated rings. The lowest BCUT2D eigenvalue weighted by atomic mass is 9.82. The molecule has 2 atom stereocenters. The number of hydrogen-bond acceptors (Lipinski definition) is 7. The van der Waals surface area contributed by atoms with Gasteiger partial charge in [-0.3, -0.25) is 28.9 Å². The summed E-state index contributed by atoms with van der Waals surface area (Å²) in [5, 5.41) is 15.0. The van der Waals surface area contributed by atoms with Gasteiger partial charge >= 0.3 is 0 Å². The third-order valence-electron chi connectivity index (χ3n) is 8.23. The number of imide groups is 1. The quantitative estimate of drug-likeness (QED) is 0.177. The lowest BCUT2D eigenvalue weighted by Gasteiger charge is -2.41. The van der Waals surface area contributed by atoms with Crippen molar-refractivity contribution in [3.8, 4) is 11.1 Å². The molecule has 50 heavy (non-hydrogen) atoms. The Morgan fingerprint density at radius 2 is 1.66 bits per heavy atom. The predicted octanol–water partition coefficient (Wildman–Crippen LogP) is 2.26. The van der Waals surface area contributed by atoms with E-state index in [1.807, 2.05) is 55.7 Å². The molecule has 0 aliphatic carbocycles. The average molecular weight is 693 g/mol. The van der Waals surface area contributed by atoms with Gasteiger partial charge in [0.2, 0.25) is 17.7 Å². The van der Waals surface area contributed by atoms with Crippen molar-refractivity contribution in [2.45, 2.75) is 45.8 Å². The molecule has 266 valence electrons. The lowest BCUT2D eigenvalue weighted by molar-refractivity contribution is -0.140. The molecule has 1 aromatic heterocycles. The van der Waals surface area contributed by atoms with Gasteiger partial charge in [0.25, 0.3) is 11.8 Å². The molecule has 0 saturated heterocycles. The number of carbonyl (C=O) groups excluding carboxylic acids is 5. The van der Waals surface area contributed by atoms with Crippen LogP contribution in [0.2, 0.25) is 0 Å². The summed E-state index contributed by atoms with van der Waals surface area (Å²) in [6, 6.07) is 12.5. The topological polar surface area (TPSA) is 167 Å². The zero-order valence-corrected chi connectivity index (χ0v) is 28.2. The fraction of sp³-hybridized carbons (Fsp3) is 0.361. The summed E-state index contributed by atoms with van der Waals surface area (Å²) in [6.45, 7) is 4.69. The first-order valence-corrected chi connectivity index (χ1v) is 16.1. The molecule has 4 rings (SSSR count). The molecule has 0 spiro atoms. The molecular formula is C36H42F2N6O6. The highest BCUT2D eigenvalue weighted by Gasteiger charge is 2.37. The van der Waals surface area contributed by atoms with Crippen molar-refractivity contribution in [1.29, 1.82) is 0 Å². The molecule has 5 N–H and O–H groups in total. The summed E-state index contributed by atoms with van der Waals surface area (Å²) in [7, 11) is 0. The number of aliphatic hydroxyl groups excluding tert-OH is 1. The zero-order chi connectivity index (χ0) is 36.6. The van der Waals surface area contributed by atoms with Crippen molar-refractivity contribution >= 4 is 29.5 Å². The SMILES string of the molecule is CC(C)(C)[C@H](c1cc(-c2cc(F)ccc2F)cn1Cc1ccccc1)N(CC[C@H](N)C(=O)NCC(=O)NCCN1C(=O)C=CC1=O)C(=O)CO. The number of aliphatic hydroxyl groups is 1. The van der Waals surface area contributed by atoms with E-state index in [1.165, 1.54) is 4.90 Å². The smallest absolute Gasteiger partial charge is 0.253 e. The van der Waals surface area contributed by atoms with Gasteiger partial charge in [-0.1, -0.05) is 51.1 Å². The van der Waals surface area contributed by atoms with Crippen LogP contribution < -0.4 is 16.4 Å².